The van der Waals surface area contributed by atoms with Crippen molar-refractivity contribution in [2.24, 2.45) is 5.41 Å². The van der Waals surface area contributed by atoms with E-state index < -0.39 is 18.0 Å². The fourth-order valence-electron chi connectivity index (χ4n) is 3.92. The second-order valence-electron chi connectivity index (χ2n) is 7.94. The zero-order chi connectivity index (χ0) is 20.2. The minimum Gasteiger partial charge on any atom is -0.458 e. The van der Waals surface area contributed by atoms with E-state index in [2.05, 4.69) is 0 Å². The number of halogens is 2. The highest BCUT2D eigenvalue weighted by atomic mass is 35.5. The number of Topliss-reactive ketones (excluding diaryl/α,β-unsaturated/α-hetero) is 1. The maximum absolute atomic E-state index is 13.1. The van der Waals surface area contributed by atoms with Crippen LogP contribution in [0.15, 0.2) is 44.8 Å². The summed E-state index contributed by atoms with van der Waals surface area (Å²) in [4.78, 5) is 25.7. The number of fused-ring (bicyclic) bond motifs is 1. The molecule has 2 heterocycles. The third kappa shape index (κ3) is 3.28. The Morgan fingerprint density at radius 1 is 1.11 bits per heavy atom. The molecule has 5 nitrogen and oxygen atoms in total. The van der Waals surface area contributed by atoms with Gasteiger partial charge in [0.15, 0.2) is 11.5 Å². The first-order valence-electron chi connectivity index (χ1n) is 8.86. The summed E-state index contributed by atoms with van der Waals surface area (Å²) in [7, 11) is 0. The molecule has 1 unspecified atom stereocenters. The number of rotatable bonds is 2. The summed E-state index contributed by atoms with van der Waals surface area (Å²) in [5.74, 6) is 0.0223. The number of aliphatic hydroxyl groups is 1. The van der Waals surface area contributed by atoms with Gasteiger partial charge >= 0.3 is 0 Å². The van der Waals surface area contributed by atoms with Gasteiger partial charge in [-0.15, -0.1) is 0 Å². The van der Waals surface area contributed by atoms with Gasteiger partial charge in [-0.1, -0.05) is 37.0 Å². The summed E-state index contributed by atoms with van der Waals surface area (Å²) in [6, 6.07) is 6.17. The van der Waals surface area contributed by atoms with Crippen molar-refractivity contribution in [3.63, 3.8) is 0 Å². The summed E-state index contributed by atoms with van der Waals surface area (Å²) >= 11 is 12.4. The Hall–Kier alpha value is -2.08. The number of carbonyl (C=O) groups is 1. The number of ketones is 1. The van der Waals surface area contributed by atoms with E-state index >= 15 is 0 Å². The van der Waals surface area contributed by atoms with Crippen molar-refractivity contribution >= 4 is 29.0 Å². The van der Waals surface area contributed by atoms with Crippen molar-refractivity contribution < 1.29 is 19.1 Å². The van der Waals surface area contributed by atoms with Gasteiger partial charge in [-0.05, 0) is 29.2 Å². The lowest BCUT2D eigenvalue weighted by molar-refractivity contribution is -0.118. The number of aliphatic hydroxyl groups excluding tert-OH is 1. The van der Waals surface area contributed by atoms with Gasteiger partial charge in [0.05, 0.1) is 5.92 Å². The minimum atomic E-state index is -0.683. The summed E-state index contributed by atoms with van der Waals surface area (Å²) in [5, 5.41) is 10.3. The normalized spacial score (nSPS) is 20.5. The highest BCUT2D eigenvalue weighted by molar-refractivity contribution is 6.34. The molecule has 0 saturated carbocycles. The van der Waals surface area contributed by atoms with Crippen LogP contribution in [0.1, 0.15) is 49.7 Å². The molecule has 0 saturated heterocycles. The summed E-state index contributed by atoms with van der Waals surface area (Å²) < 4.78 is 11.7. The first kappa shape index (κ1) is 19.2. The Kier molecular flexibility index (Phi) is 4.65. The molecule has 0 amide bonds. The quantitative estimate of drug-likeness (QED) is 0.767. The Balaban J connectivity index is 2.01. The molecule has 0 bridgehead atoms. The SMILES string of the molecule is CC1(C)CC(=O)C2=C(C1)Oc1c(oc(CO)cc1=O)C2c1cc(Cl)cc(Cl)c1. The maximum atomic E-state index is 13.1. The molecule has 0 fully saturated rings. The molecule has 7 heteroatoms. The van der Waals surface area contributed by atoms with Crippen molar-refractivity contribution in [1.29, 1.82) is 0 Å². The van der Waals surface area contributed by atoms with Gasteiger partial charge in [0.2, 0.25) is 11.2 Å². The van der Waals surface area contributed by atoms with Gasteiger partial charge in [-0.2, -0.15) is 0 Å². The van der Waals surface area contributed by atoms with Crippen LogP contribution in [-0.4, -0.2) is 10.9 Å². The molecule has 1 aliphatic heterocycles. The molecule has 1 N–H and O–H groups in total. The molecule has 146 valence electrons. The highest BCUT2D eigenvalue weighted by Crippen LogP contribution is 2.49. The van der Waals surface area contributed by atoms with E-state index in [9.17, 15) is 14.7 Å². The molecule has 1 aromatic heterocycles. The van der Waals surface area contributed by atoms with Crippen LogP contribution in [-0.2, 0) is 11.4 Å². The van der Waals surface area contributed by atoms with Crippen LogP contribution in [0.2, 0.25) is 10.0 Å². The van der Waals surface area contributed by atoms with Crippen molar-refractivity contribution in [1.82, 2.24) is 0 Å². The lowest BCUT2D eigenvalue weighted by Gasteiger charge is -2.37. The summed E-state index contributed by atoms with van der Waals surface area (Å²) in [6.07, 6.45) is 0.860. The lowest BCUT2D eigenvalue weighted by Crippen LogP contribution is -2.34. The van der Waals surface area contributed by atoms with Gasteiger partial charge in [0, 0.05) is 34.5 Å². The van der Waals surface area contributed by atoms with Crippen molar-refractivity contribution in [2.75, 3.05) is 0 Å². The lowest BCUT2D eigenvalue weighted by atomic mass is 9.71. The minimum absolute atomic E-state index is 0.0301. The average Bonchev–Trinajstić information content (AvgIpc) is 2.58. The van der Waals surface area contributed by atoms with E-state index in [1.807, 2.05) is 13.8 Å². The second-order valence-corrected chi connectivity index (χ2v) is 8.82. The van der Waals surface area contributed by atoms with Crippen LogP contribution >= 0.6 is 23.2 Å². The summed E-state index contributed by atoms with van der Waals surface area (Å²) in [6.45, 7) is 3.52. The van der Waals surface area contributed by atoms with Crippen molar-refractivity contribution in [3.8, 4) is 5.75 Å². The van der Waals surface area contributed by atoms with Crippen LogP contribution in [0.4, 0.5) is 0 Å². The van der Waals surface area contributed by atoms with Gasteiger partial charge in [-0.3, -0.25) is 9.59 Å². The third-order valence-corrected chi connectivity index (χ3v) is 5.45. The van der Waals surface area contributed by atoms with E-state index in [1.54, 1.807) is 18.2 Å². The van der Waals surface area contributed by atoms with Gasteiger partial charge in [0.25, 0.3) is 0 Å². The van der Waals surface area contributed by atoms with Crippen molar-refractivity contribution in [2.45, 2.75) is 39.2 Å². The van der Waals surface area contributed by atoms with E-state index in [0.717, 1.165) is 0 Å². The molecular formula is C21H18Cl2O5. The number of hydrogen-bond acceptors (Lipinski definition) is 5. The number of hydrogen-bond donors (Lipinski definition) is 1. The topological polar surface area (TPSA) is 76.7 Å². The second kappa shape index (κ2) is 6.76. The molecule has 2 aliphatic rings. The third-order valence-electron chi connectivity index (χ3n) is 5.01. The molecule has 4 rings (SSSR count). The fraction of sp³-hybridized carbons (Fsp3) is 0.333. The number of allylic oxidation sites excluding steroid dienone is 2. The fourth-order valence-corrected chi connectivity index (χ4v) is 4.47. The van der Waals surface area contributed by atoms with Gasteiger partial charge in [0.1, 0.15) is 18.1 Å². The van der Waals surface area contributed by atoms with Crippen molar-refractivity contribution in [3.05, 3.63) is 73.0 Å². The van der Waals surface area contributed by atoms with Crippen LogP contribution in [0.25, 0.3) is 0 Å². The van der Waals surface area contributed by atoms with E-state index in [-0.39, 0.29) is 28.5 Å². The smallest absolute Gasteiger partial charge is 0.228 e. The summed E-state index contributed by atoms with van der Waals surface area (Å²) in [5.41, 5.74) is 0.380. The van der Waals surface area contributed by atoms with Crippen LogP contribution in [0, 0.1) is 5.41 Å². The maximum Gasteiger partial charge on any atom is 0.228 e. The van der Waals surface area contributed by atoms with E-state index in [4.69, 9.17) is 32.4 Å². The Labute approximate surface area is 171 Å². The number of benzene rings is 1. The van der Waals surface area contributed by atoms with E-state index in [1.165, 1.54) is 6.07 Å². The molecule has 28 heavy (non-hydrogen) atoms. The first-order chi connectivity index (χ1) is 13.2. The monoisotopic (exact) mass is 420 g/mol. The predicted octanol–water partition coefficient (Wildman–Crippen LogP) is 4.61. The Morgan fingerprint density at radius 3 is 2.43 bits per heavy atom. The Bertz CT molecular complexity index is 1060. The molecule has 0 radical (unpaired) electrons. The number of carbonyl (C=O) groups excluding carboxylic acids is 1. The Morgan fingerprint density at radius 2 is 1.79 bits per heavy atom. The van der Waals surface area contributed by atoms with Crippen LogP contribution < -0.4 is 10.2 Å². The largest absolute Gasteiger partial charge is 0.458 e. The molecule has 1 atom stereocenters. The van der Waals surface area contributed by atoms with Gasteiger partial charge < -0.3 is 14.3 Å². The van der Waals surface area contributed by atoms with E-state index in [0.29, 0.717) is 39.8 Å². The average molecular weight is 421 g/mol. The highest BCUT2D eigenvalue weighted by Gasteiger charge is 2.44. The number of ether oxygens (including phenoxy) is 1. The van der Waals surface area contributed by atoms with Crippen LogP contribution in [0.5, 0.6) is 5.75 Å². The molecule has 0 spiro atoms. The molecular weight excluding hydrogens is 403 g/mol. The van der Waals surface area contributed by atoms with Crippen LogP contribution in [0.3, 0.4) is 0 Å². The first-order valence-corrected chi connectivity index (χ1v) is 9.62. The molecule has 2 aromatic rings. The standard InChI is InChI=1S/C21H18Cl2O5/c1-21(2)7-15(26)18-16(8-21)28-19-14(25)6-13(9-24)27-20(19)17(18)10-3-11(22)5-12(23)4-10/h3-6,17,24H,7-9H2,1-2H3. The zero-order valence-electron chi connectivity index (χ0n) is 15.3. The van der Waals surface area contributed by atoms with Gasteiger partial charge in [-0.25, -0.2) is 0 Å². The predicted molar refractivity (Wildman–Crippen MR) is 105 cm³/mol. The molecule has 1 aromatic carbocycles. The zero-order valence-corrected chi connectivity index (χ0v) is 16.9. The molecule has 1 aliphatic carbocycles.